The Morgan fingerprint density at radius 1 is 1.50 bits per heavy atom. The van der Waals surface area contributed by atoms with Crippen LogP contribution in [0.1, 0.15) is 21.8 Å². The lowest BCUT2D eigenvalue weighted by Gasteiger charge is -2.06. The van der Waals surface area contributed by atoms with Crippen molar-refractivity contribution in [1.29, 1.82) is 5.26 Å². The lowest BCUT2D eigenvalue weighted by molar-refractivity contribution is 0.0979. The first kappa shape index (κ1) is 13.0. The van der Waals surface area contributed by atoms with Gasteiger partial charge in [-0.1, -0.05) is 29.3 Å². The van der Waals surface area contributed by atoms with Crippen molar-refractivity contribution >= 4 is 40.3 Å². The van der Waals surface area contributed by atoms with Crippen molar-refractivity contribution in [3.63, 3.8) is 0 Å². The number of pyridine rings is 1. The van der Waals surface area contributed by atoms with E-state index in [1.807, 2.05) is 6.07 Å². The van der Waals surface area contributed by atoms with Gasteiger partial charge in [-0.3, -0.25) is 9.78 Å². The molecule has 6 heteroatoms. The Balaban J connectivity index is 2.39. The highest BCUT2D eigenvalue weighted by Gasteiger charge is 2.25. The summed E-state index contributed by atoms with van der Waals surface area (Å²) in [6.45, 7) is 0. The van der Waals surface area contributed by atoms with Crippen LogP contribution in [0.25, 0.3) is 0 Å². The number of halogens is 2. The number of thiophene rings is 1. The number of carbonyl (C=O) groups excluding carboxylic acids is 1. The molecule has 0 saturated heterocycles. The van der Waals surface area contributed by atoms with E-state index in [9.17, 15) is 4.79 Å². The summed E-state index contributed by atoms with van der Waals surface area (Å²) < 4.78 is 0.723. The molecule has 0 bridgehead atoms. The first-order chi connectivity index (χ1) is 8.63. The average Bonchev–Trinajstić information content (AvgIpc) is 2.70. The highest BCUT2D eigenvalue weighted by atomic mass is 35.5. The molecular weight excluding hydrogens is 291 g/mol. The highest BCUT2D eigenvalue weighted by Crippen LogP contribution is 2.34. The molecule has 2 heterocycles. The van der Waals surface area contributed by atoms with Crippen LogP contribution in [0.5, 0.6) is 0 Å². The van der Waals surface area contributed by atoms with Gasteiger partial charge in [-0.15, -0.1) is 11.3 Å². The van der Waals surface area contributed by atoms with Crippen LogP contribution in [0.15, 0.2) is 30.6 Å². The van der Waals surface area contributed by atoms with Crippen LogP contribution >= 0.6 is 34.5 Å². The lowest BCUT2D eigenvalue weighted by atomic mass is 9.94. The SMILES string of the molecule is N#CC(C(=O)c1cc(Cl)sc1Cl)c1cccnc1. The van der Waals surface area contributed by atoms with Gasteiger partial charge in [0.1, 0.15) is 10.3 Å². The summed E-state index contributed by atoms with van der Waals surface area (Å²) in [5.74, 6) is -1.28. The van der Waals surface area contributed by atoms with Crippen molar-refractivity contribution in [3.8, 4) is 6.07 Å². The number of nitrogens with zero attached hydrogens (tertiary/aromatic N) is 2. The van der Waals surface area contributed by atoms with E-state index >= 15 is 0 Å². The molecule has 3 nitrogen and oxygen atoms in total. The van der Waals surface area contributed by atoms with E-state index in [1.165, 1.54) is 12.3 Å². The van der Waals surface area contributed by atoms with Gasteiger partial charge in [0.25, 0.3) is 0 Å². The first-order valence-corrected chi connectivity index (χ1v) is 6.49. The van der Waals surface area contributed by atoms with E-state index in [-0.39, 0.29) is 11.3 Å². The first-order valence-electron chi connectivity index (χ1n) is 4.92. The van der Waals surface area contributed by atoms with Crippen molar-refractivity contribution < 1.29 is 4.79 Å². The van der Waals surface area contributed by atoms with Crippen molar-refractivity contribution in [2.45, 2.75) is 5.92 Å². The second-order valence-electron chi connectivity index (χ2n) is 3.45. The van der Waals surface area contributed by atoms with Gasteiger partial charge in [0.15, 0.2) is 5.78 Å². The molecule has 2 aromatic heterocycles. The summed E-state index contributed by atoms with van der Waals surface area (Å²) in [4.78, 5) is 16.1. The van der Waals surface area contributed by atoms with Crippen LogP contribution in [-0.4, -0.2) is 10.8 Å². The standard InChI is InChI=1S/C12H6Cl2N2OS/c13-10-4-8(12(14)18-10)11(17)9(5-15)7-2-1-3-16-6-7/h1-4,6,9H. The Labute approximate surface area is 118 Å². The fourth-order valence-corrected chi connectivity index (χ4v) is 2.97. The summed E-state index contributed by atoms with van der Waals surface area (Å²) in [6, 6.07) is 6.81. The zero-order chi connectivity index (χ0) is 13.1. The highest BCUT2D eigenvalue weighted by molar-refractivity contribution is 7.20. The third-order valence-corrected chi connectivity index (χ3v) is 3.82. The van der Waals surface area contributed by atoms with E-state index in [4.69, 9.17) is 28.5 Å². The Morgan fingerprint density at radius 2 is 2.28 bits per heavy atom. The maximum atomic E-state index is 12.2. The maximum Gasteiger partial charge on any atom is 0.186 e. The van der Waals surface area contributed by atoms with Crippen LogP contribution in [-0.2, 0) is 0 Å². The van der Waals surface area contributed by atoms with Gasteiger partial charge >= 0.3 is 0 Å². The summed E-state index contributed by atoms with van der Waals surface area (Å²) in [5.41, 5.74) is 0.824. The number of carbonyl (C=O) groups is 1. The van der Waals surface area contributed by atoms with Crippen molar-refractivity contribution in [2.75, 3.05) is 0 Å². The predicted molar refractivity (Wildman–Crippen MR) is 71.3 cm³/mol. The third kappa shape index (κ3) is 2.54. The molecule has 0 saturated carbocycles. The predicted octanol–water partition coefficient (Wildman–Crippen LogP) is 3.94. The molecule has 90 valence electrons. The van der Waals surface area contributed by atoms with Crippen LogP contribution in [0.4, 0.5) is 0 Å². The zero-order valence-electron chi connectivity index (χ0n) is 8.93. The average molecular weight is 297 g/mol. The van der Waals surface area contributed by atoms with E-state index < -0.39 is 5.92 Å². The molecule has 0 aliphatic rings. The van der Waals surface area contributed by atoms with Crippen LogP contribution < -0.4 is 0 Å². The van der Waals surface area contributed by atoms with E-state index in [2.05, 4.69) is 4.98 Å². The van der Waals surface area contributed by atoms with Gasteiger partial charge in [0.05, 0.1) is 16.0 Å². The molecule has 0 aromatic carbocycles. The van der Waals surface area contributed by atoms with Gasteiger partial charge in [0, 0.05) is 12.4 Å². The molecule has 0 aliphatic carbocycles. The molecule has 0 amide bonds. The summed E-state index contributed by atoms with van der Waals surface area (Å²) in [5, 5.41) is 9.14. The normalized spacial score (nSPS) is 11.8. The number of rotatable bonds is 3. The number of hydrogen-bond donors (Lipinski definition) is 0. The molecule has 0 aliphatic heterocycles. The minimum absolute atomic E-state index is 0.280. The Bertz CT molecular complexity index is 619. The van der Waals surface area contributed by atoms with Crippen LogP contribution in [0.3, 0.4) is 0 Å². The molecule has 0 fully saturated rings. The van der Waals surface area contributed by atoms with Crippen molar-refractivity contribution in [1.82, 2.24) is 4.98 Å². The van der Waals surface area contributed by atoms with E-state index in [0.717, 1.165) is 11.3 Å². The molecular formula is C12H6Cl2N2OS. The smallest absolute Gasteiger partial charge is 0.186 e. The van der Waals surface area contributed by atoms with Gasteiger partial charge in [-0.25, -0.2) is 0 Å². The number of hydrogen-bond acceptors (Lipinski definition) is 4. The molecule has 1 unspecified atom stereocenters. The largest absolute Gasteiger partial charge is 0.292 e. The lowest BCUT2D eigenvalue weighted by Crippen LogP contribution is -2.11. The molecule has 0 radical (unpaired) electrons. The number of Topliss-reactive ketones (excluding diaryl/α,β-unsaturated/α-hetero) is 1. The number of nitriles is 1. The van der Waals surface area contributed by atoms with Gasteiger partial charge in [-0.2, -0.15) is 5.26 Å². The minimum Gasteiger partial charge on any atom is -0.292 e. The van der Waals surface area contributed by atoms with E-state index in [1.54, 1.807) is 18.3 Å². The second-order valence-corrected chi connectivity index (χ2v) is 5.74. The Hall–Kier alpha value is -1.41. The molecule has 18 heavy (non-hydrogen) atoms. The van der Waals surface area contributed by atoms with Crippen molar-refractivity contribution in [2.24, 2.45) is 0 Å². The van der Waals surface area contributed by atoms with Gasteiger partial charge in [-0.05, 0) is 17.7 Å². The fourth-order valence-electron chi connectivity index (χ4n) is 1.50. The molecule has 0 spiro atoms. The van der Waals surface area contributed by atoms with Gasteiger partial charge < -0.3 is 0 Å². The fraction of sp³-hybridized carbons (Fsp3) is 0.0833. The Morgan fingerprint density at radius 3 is 2.78 bits per heavy atom. The second kappa shape index (κ2) is 5.49. The maximum absolute atomic E-state index is 12.2. The zero-order valence-corrected chi connectivity index (χ0v) is 11.3. The third-order valence-electron chi connectivity index (χ3n) is 2.33. The van der Waals surface area contributed by atoms with Gasteiger partial charge in [0.2, 0.25) is 0 Å². The van der Waals surface area contributed by atoms with Crippen LogP contribution in [0, 0.1) is 11.3 Å². The quantitative estimate of drug-likeness (QED) is 0.806. The molecule has 0 N–H and O–H groups in total. The molecule has 1 atom stereocenters. The topological polar surface area (TPSA) is 53.8 Å². The number of ketones is 1. The summed E-state index contributed by atoms with van der Waals surface area (Å²) >= 11 is 12.8. The Kier molecular flexibility index (Phi) is 3.97. The minimum atomic E-state index is -0.915. The monoisotopic (exact) mass is 296 g/mol. The number of aromatic nitrogens is 1. The van der Waals surface area contributed by atoms with E-state index in [0.29, 0.717) is 14.2 Å². The molecule has 2 aromatic rings. The molecule has 2 rings (SSSR count). The van der Waals surface area contributed by atoms with Crippen molar-refractivity contribution in [3.05, 3.63) is 50.4 Å². The summed E-state index contributed by atoms with van der Waals surface area (Å²) in [6.07, 6.45) is 3.07. The van der Waals surface area contributed by atoms with Crippen LogP contribution in [0.2, 0.25) is 8.67 Å². The summed E-state index contributed by atoms with van der Waals surface area (Å²) in [7, 11) is 0.